The van der Waals surface area contributed by atoms with Crippen molar-refractivity contribution in [3.05, 3.63) is 46.1 Å². The maximum atomic E-state index is 14.8. The van der Waals surface area contributed by atoms with Gasteiger partial charge in [0.1, 0.15) is 17.5 Å². The zero-order chi connectivity index (χ0) is 39.6. The van der Waals surface area contributed by atoms with Crippen molar-refractivity contribution < 1.29 is 48.4 Å². The standard InChI is InChI=1S/C43H62O10/c1-24(2)30-21-34(45)27(5)13-11-12-25(3)19-35(46)33-20-28(6)31-22-39(52-29(7)44)42(9,50)38-16-17-41(8,49)37(53-38)15-14-26(4)18-32(31)43(33,23-36(30)47)40(48)51-10/h13,18-19,24,30,32-33,37-39,49-50H,11-12,14-17,20-23H2,1-10H3/b25-19+,26-18+,27-13+/t30-,32+,33+,37-,38-,39+,41+,42-,43-/m0/s1. The van der Waals surface area contributed by atoms with Crippen LogP contribution in [0.4, 0.5) is 0 Å². The van der Waals surface area contributed by atoms with Crippen LogP contribution in [0.3, 0.4) is 0 Å². The number of ether oxygens (including phenoxy) is 3. The fourth-order valence-electron chi connectivity index (χ4n) is 9.14. The third kappa shape index (κ3) is 9.03. The Labute approximate surface area is 315 Å². The van der Waals surface area contributed by atoms with Crippen molar-refractivity contribution in [1.82, 2.24) is 0 Å². The number of fused-ring (bicyclic) bond motifs is 5. The van der Waals surface area contributed by atoms with Gasteiger partial charge in [-0.25, -0.2) is 0 Å². The summed E-state index contributed by atoms with van der Waals surface area (Å²) in [6, 6.07) is 0. The Morgan fingerprint density at radius 2 is 1.62 bits per heavy atom. The zero-order valence-corrected chi connectivity index (χ0v) is 33.5. The Morgan fingerprint density at radius 1 is 0.943 bits per heavy atom. The Hall–Kier alpha value is -3.21. The van der Waals surface area contributed by atoms with Gasteiger partial charge in [0.05, 0.1) is 30.3 Å². The van der Waals surface area contributed by atoms with Gasteiger partial charge in [0.15, 0.2) is 11.6 Å². The quantitative estimate of drug-likeness (QED) is 0.238. The first-order valence-electron chi connectivity index (χ1n) is 19.3. The summed E-state index contributed by atoms with van der Waals surface area (Å²) in [6.45, 7) is 15.7. The molecule has 10 nitrogen and oxygen atoms in total. The number of aliphatic hydroxyl groups is 2. The number of carbonyl (C=O) groups excluding carboxylic acids is 5. The first kappa shape index (κ1) is 42.5. The zero-order valence-electron chi connectivity index (χ0n) is 33.5. The van der Waals surface area contributed by atoms with E-state index >= 15 is 0 Å². The van der Waals surface area contributed by atoms with Crippen LogP contribution in [0.15, 0.2) is 46.1 Å². The molecule has 0 aromatic heterocycles. The van der Waals surface area contributed by atoms with Crippen molar-refractivity contribution in [3.8, 4) is 0 Å². The molecule has 0 aromatic rings. The normalized spacial score (nSPS) is 39.7. The van der Waals surface area contributed by atoms with E-state index in [0.717, 1.165) is 16.7 Å². The van der Waals surface area contributed by atoms with Crippen LogP contribution >= 0.6 is 0 Å². The molecule has 0 amide bonds. The maximum absolute atomic E-state index is 14.8. The Morgan fingerprint density at radius 3 is 2.25 bits per heavy atom. The van der Waals surface area contributed by atoms with Crippen LogP contribution in [0.5, 0.6) is 0 Å². The second kappa shape index (κ2) is 16.7. The van der Waals surface area contributed by atoms with Crippen LogP contribution in [0.1, 0.15) is 127 Å². The van der Waals surface area contributed by atoms with E-state index in [4.69, 9.17) is 14.2 Å². The van der Waals surface area contributed by atoms with Crippen LogP contribution in [0.25, 0.3) is 0 Å². The molecule has 294 valence electrons. The average molecular weight is 739 g/mol. The first-order chi connectivity index (χ1) is 24.6. The van der Waals surface area contributed by atoms with Crippen molar-refractivity contribution in [2.75, 3.05) is 7.11 Å². The van der Waals surface area contributed by atoms with Crippen molar-refractivity contribution in [2.24, 2.45) is 29.1 Å². The Bertz CT molecular complexity index is 1590. The third-order valence-electron chi connectivity index (χ3n) is 12.6. The molecule has 0 saturated carbocycles. The number of esters is 2. The predicted molar refractivity (Wildman–Crippen MR) is 200 cm³/mol. The van der Waals surface area contributed by atoms with E-state index in [2.05, 4.69) is 0 Å². The molecular weight excluding hydrogens is 676 g/mol. The molecule has 0 aromatic carbocycles. The van der Waals surface area contributed by atoms with Crippen molar-refractivity contribution in [2.45, 2.75) is 156 Å². The van der Waals surface area contributed by atoms with Gasteiger partial charge in [0.2, 0.25) is 0 Å². The van der Waals surface area contributed by atoms with Gasteiger partial charge in [-0.05, 0) is 104 Å². The van der Waals surface area contributed by atoms with E-state index in [0.29, 0.717) is 49.7 Å². The summed E-state index contributed by atoms with van der Waals surface area (Å²) in [7, 11) is 1.26. The summed E-state index contributed by atoms with van der Waals surface area (Å²) in [4.78, 5) is 70.3. The van der Waals surface area contributed by atoms with E-state index < -0.39 is 64.6 Å². The van der Waals surface area contributed by atoms with E-state index in [-0.39, 0.29) is 49.0 Å². The highest BCUT2D eigenvalue weighted by atomic mass is 16.6. The van der Waals surface area contributed by atoms with Gasteiger partial charge >= 0.3 is 11.9 Å². The van der Waals surface area contributed by atoms with Crippen molar-refractivity contribution >= 4 is 29.3 Å². The number of allylic oxidation sites excluding steroid dienone is 7. The van der Waals surface area contributed by atoms with Crippen molar-refractivity contribution in [1.29, 1.82) is 0 Å². The van der Waals surface area contributed by atoms with Crippen LogP contribution in [0, 0.1) is 29.1 Å². The maximum Gasteiger partial charge on any atom is 0.313 e. The summed E-state index contributed by atoms with van der Waals surface area (Å²) in [6.07, 6.45) is 5.18. The number of Topliss-reactive ketones (excluding diaryl/α,β-unsaturated/α-hetero) is 2. The lowest BCUT2D eigenvalue weighted by atomic mass is 9.53. The topological polar surface area (TPSA) is 154 Å². The SMILES string of the molecule is COC(=O)[C@]12CC(=O)[C@H](C(C)C)CC(=O)/C(C)=C/CC/C(C)=C/C(=O)[C@H]1CC(C)=C1C[C@@H](OC(C)=O)[C@@](C)(O)[C@@H]3CC[C@@](C)(O)[C@H](CC/C(C)=C/[C@H]12)O3. The minimum Gasteiger partial charge on any atom is -0.469 e. The highest BCUT2D eigenvalue weighted by molar-refractivity contribution is 6.02. The fourth-order valence-corrected chi connectivity index (χ4v) is 9.14. The number of rotatable bonds is 3. The number of carbonyl (C=O) groups is 5. The molecule has 2 N–H and O–H groups in total. The molecule has 10 heteroatoms. The summed E-state index contributed by atoms with van der Waals surface area (Å²) in [5.74, 6) is -4.86. The molecule has 0 unspecified atom stereocenters. The van der Waals surface area contributed by atoms with Gasteiger partial charge in [-0.15, -0.1) is 0 Å². The molecule has 2 aliphatic heterocycles. The van der Waals surface area contributed by atoms with Gasteiger partial charge in [-0.2, -0.15) is 0 Å². The highest BCUT2D eigenvalue weighted by Gasteiger charge is 2.60. The lowest BCUT2D eigenvalue weighted by Gasteiger charge is -2.50. The first-order valence-corrected chi connectivity index (χ1v) is 19.3. The smallest absolute Gasteiger partial charge is 0.313 e. The monoisotopic (exact) mass is 738 g/mol. The predicted octanol–water partition coefficient (Wildman–Crippen LogP) is 6.66. The van der Waals surface area contributed by atoms with Gasteiger partial charge in [0, 0.05) is 43.9 Å². The molecule has 4 rings (SSSR count). The van der Waals surface area contributed by atoms with Crippen molar-refractivity contribution in [3.63, 3.8) is 0 Å². The van der Waals surface area contributed by atoms with Crippen LogP contribution in [-0.4, -0.2) is 76.1 Å². The second-order valence-corrected chi connectivity index (χ2v) is 17.1. The van der Waals surface area contributed by atoms with Crippen LogP contribution < -0.4 is 0 Å². The van der Waals surface area contributed by atoms with E-state index in [1.807, 2.05) is 46.8 Å². The molecular formula is C43H62O10. The molecule has 1 saturated heterocycles. The number of ketones is 3. The molecule has 0 spiro atoms. The molecule has 2 heterocycles. The molecule has 4 aliphatic rings. The number of hydrogen-bond acceptors (Lipinski definition) is 10. The largest absolute Gasteiger partial charge is 0.469 e. The molecule has 2 aliphatic carbocycles. The number of hydrogen-bond donors (Lipinski definition) is 2. The summed E-state index contributed by atoms with van der Waals surface area (Å²) in [5, 5.41) is 23.6. The molecule has 0 radical (unpaired) electrons. The lowest BCUT2D eigenvalue weighted by Crippen LogP contribution is -2.59. The summed E-state index contributed by atoms with van der Waals surface area (Å²) >= 11 is 0. The van der Waals surface area contributed by atoms with Gasteiger partial charge in [-0.3, -0.25) is 24.0 Å². The highest BCUT2D eigenvalue weighted by Crippen LogP contribution is 2.56. The van der Waals surface area contributed by atoms with Crippen LogP contribution in [0.2, 0.25) is 0 Å². The Kier molecular flexibility index (Phi) is 13.4. The van der Waals surface area contributed by atoms with E-state index in [9.17, 15) is 34.2 Å². The van der Waals surface area contributed by atoms with Gasteiger partial charge in [-0.1, -0.05) is 48.3 Å². The Balaban J connectivity index is 2.05. The van der Waals surface area contributed by atoms with E-state index in [1.165, 1.54) is 14.0 Å². The summed E-state index contributed by atoms with van der Waals surface area (Å²) < 4.78 is 17.9. The minimum absolute atomic E-state index is 0.00736. The third-order valence-corrected chi connectivity index (χ3v) is 12.6. The molecule has 1 fully saturated rings. The summed E-state index contributed by atoms with van der Waals surface area (Å²) in [5.41, 5.74) is -0.945. The van der Waals surface area contributed by atoms with Gasteiger partial charge < -0.3 is 24.4 Å². The average Bonchev–Trinajstić information content (AvgIpc) is 3.06. The number of methoxy groups -OCH3 is 1. The van der Waals surface area contributed by atoms with Gasteiger partial charge in [0.25, 0.3) is 0 Å². The molecule has 9 atom stereocenters. The minimum atomic E-state index is -1.73. The fraction of sp³-hybridized carbons (Fsp3) is 0.698. The molecule has 53 heavy (non-hydrogen) atoms. The van der Waals surface area contributed by atoms with E-state index in [1.54, 1.807) is 26.8 Å². The molecule has 2 bridgehead atoms. The lowest BCUT2D eigenvalue weighted by molar-refractivity contribution is -0.239. The van der Waals surface area contributed by atoms with Crippen LogP contribution in [-0.2, 0) is 38.2 Å². The second-order valence-electron chi connectivity index (χ2n) is 17.1.